The molecule has 1 aromatic carbocycles. The summed E-state index contributed by atoms with van der Waals surface area (Å²) in [7, 11) is 0. The molecule has 0 saturated carbocycles. The zero-order chi connectivity index (χ0) is 20.7. The summed E-state index contributed by atoms with van der Waals surface area (Å²) in [4.78, 5) is 20.4. The molecule has 4 aromatic rings. The van der Waals surface area contributed by atoms with Crippen LogP contribution in [0.5, 0.6) is 0 Å². The summed E-state index contributed by atoms with van der Waals surface area (Å²) in [6.07, 6.45) is 0.809. The molecule has 6 nitrogen and oxygen atoms in total. The molecule has 0 amide bonds. The molecule has 0 unspecified atom stereocenters. The van der Waals surface area contributed by atoms with Crippen LogP contribution in [0.25, 0.3) is 15.9 Å². The van der Waals surface area contributed by atoms with Crippen molar-refractivity contribution in [2.24, 2.45) is 0 Å². The molecule has 0 saturated heterocycles. The lowest BCUT2D eigenvalue weighted by Crippen LogP contribution is -2.22. The molecule has 0 radical (unpaired) electrons. The standard InChI is InChI=1S/C21H22N4O2S2/c1-6-16-13(4)29-19-18(16)20(26)25(15-8-7-11(2)12(3)9-15)21(22-19)28-10-17-24-23-14(5)27-17/h7-9H,6,10H2,1-5H3. The van der Waals surface area contributed by atoms with Crippen LogP contribution >= 0.6 is 23.1 Å². The number of thiophene rings is 1. The van der Waals surface area contributed by atoms with Gasteiger partial charge in [0.1, 0.15) is 4.83 Å². The molecule has 3 aromatic heterocycles. The summed E-state index contributed by atoms with van der Waals surface area (Å²) in [5, 5.41) is 9.29. The van der Waals surface area contributed by atoms with Crippen molar-refractivity contribution in [3.8, 4) is 5.69 Å². The van der Waals surface area contributed by atoms with Crippen molar-refractivity contribution in [2.45, 2.75) is 51.9 Å². The van der Waals surface area contributed by atoms with Crippen LogP contribution in [0.4, 0.5) is 0 Å². The lowest BCUT2D eigenvalue weighted by molar-refractivity contribution is 0.485. The van der Waals surface area contributed by atoms with E-state index in [0.29, 0.717) is 22.7 Å². The van der Waals surface area contributed by atoms with Gasteiger partial charge in [0.2, 0.25) is 11.8 Å². The molecule has 0 aliphatic rings. The van der Waals surface area contributed by atoms with Gasteiger partial charge in [-0.15, -0.1) is 21.5 Å². The molecular weight excluding hydrogens is 404 g/mol. The van der Waals surface area contributed by atoms with E-state index in [1.54, 1.807) is 22.8 Å². The van der Waals surface area contributed by atoms with E-state index in [-0.39, 0.29) is 5.56 Å². The van der Waals surface area contributed by atoms with Gasteiger partial charge in [-0.25, -0.2) is 4.98 Å². The summed E-state index contributed by atoms with van der Waals surface area (Å²) >= 11 is 3.01. The first kappa shape index (κ1) is 19.8. The van der Waals surface area contributed by atoms with Crippen molar-refractivity contribution in [3.63, 3.8) is 0 Å². The zero-order valence-electron chi connectivity index (χ0n) is 17.1. The quantitative estimate of drug-likeness (QED) is 0.333. The van der Waals surface area contributed by atoms with E-state index >= 15 is 0 Å². The van der Waals surface area contributed by atoms with E-state index in [2.05, 4.69) is 37.9 Å². The van der Waals surface area contributed by atoms with Crippen molar-refractivity contribution in [2.75, 3.05) is 0 Å². The van der Waals surface area contributed by atoms with Gasteiger partial charge in [-0.1, -0.05) is 24.8 Å². The molecule has 0 bridgehead atoms. The second-order valence-electron chi connectivity index (χ2n) is 6.98. The van der Waals surface area contributed by atoms with Crippen LogP contribution in [0.3, 0.4) is 0 Å². The normalized spacial score (nSPS) is 11.5. The smallest absolute Gasteiger partial charge is 0.267 e. The molecule has 0 atom stereocenters. The third-order valence-corrected chi connectivity index (χ3v) is 6.96. The monoisotopic (exact) mass is 426 g/mol. The van der Waals surface area contributed by atoms with Gasteiger partial charge < -0.3 is 4.42 Å². The number of aromatic nitrogens is 4. The SMILES string of the molecule is CCc1c(C)sc2nc(SCc3nnc(C)o3)n(-c3ccc(C)c(C)c3)c(=O)c12. The van der Waals surface area contributed by atoms with Gasteiger partial charge in [-0.05, 0) is 56.0 Å². The second kappa shape index (κ2) is 7.76. The molecule has 8 heteroatoms. The maximum atomic E-state index is 13.6. The first-order valence-corrected chi connectivity index (χ1v) is 11.2. The largest absolute Gasteiger partial charge is 0.425 e. The highest BCUT2D eigenvalue weighted by atomic mass is 32.2. The van der Waals surface area contributed by atoms with Crippen LogP contribution < -0.4 is 5.56 Å². The van der Waals surface area contributed by atoms with Crippen molar-refractivity contribution < 1.29 is 4.42 Å². The molecule has 3 heterocycles. The van der Waals surface area contributed by atoms with Crippen LogP contribution in [0.1, 0.15) is 40.3 Å². The Morgan fingerprint density at radius 2 is 1.93 bits per heavy atom. The molecule has 0 spiro atoms. The van der Waals surface area contributed by atoms with Crippen LogP contribution in [-0.2, 0) is 12.2 Å². The predicted octanol–water partition coefficient (Wildman–Crippen LogP) is 4.92. The highest BCUT2D eigenvalue weighted by Crippen LogP contribution is 2.31. The molecular formula is C21H22N4O2S2. The van der Waals surface area contributed by atoms with E-state index in [1.807, 2.05) is 18.2 Å². The molecule has 0 fully saturated rings. The zero-order valence-corrected chi connectivity index (χ0v) is 18.7. The summed E-state index contributed by atoms with van der Waals surface area (Å²) < 4.78 is 7.20. The van der Waals surface area contributed by atoms with Gasteiger partial charge in [-0.3, -0.25) is 9.36 Å². The molecule has 29 heavy (non-hydrogen) atoms. The summed E-state index contributed by atoms with van der Waals surface area (Å²) in [5.74, 6) is 1.50. The van der Waals surface area contributed by atoms with Crippen molar-refractivity contribution >= 4 is 33.3 Å². The summed E-state index contributed by atoms with van der Waals surface area (Å²) in [6, 6.07) is 6.05. The average molecular weight is 427 g/mol. The Balaban J connectivity index is 1.91. The Morgan fingerprint density at radius 1 is 1.14 bits per heavy atom. The Labute approximate surface area is 177 Å². The molecule has 4 rings (SSSR count). The number of rotatable bonds is 5. The maximum Gasteiger partial charge on any atom is 0.267 e. The van der Waals surface area contributed by atoms with Crippen LogP contribution in [0.2, 0.25) is 0 Å². The van der Waals surface area contributed by atoms with Crippen LogP contribution in [0, 0.1) is 27.7 Å². The molecule has 0 aliphatic carbocycles. The van der Waals surface area contributed by atoms with E-state index in [0.717, 1.165) is 38.3 Å². The van der Waals surface area contributed by atoms with E-state index in [4.69, 9.17) is 9.40 Å². The van der Waals surface area contributed by atoms with Gasteiger partial charge in [0.15, 0.2) is 5.16 Å². The van der Waals surface area contributed by atoms with Crippen LogP contribution in [-0.4, -0.2) is 19.7 Å². The fourth-order valence-corrected chi connectivity index (χ4v) is 5.34. The van der Waals surface area contributed by atoms with Gasteiger partial charge in [0.05, 0.1) is 16.8 Å². The number of fused-ring (bicyclic) bond motifs is 1. The lowest BCUT2D eigenvalue weighted by Gasteiger charge is -2.13. The highest BCUT2D eigenvalue weighted by molar-refractivity contribution is 7.98. The average Bonchev–Trinajstić information content (AvgIpc) is 3.24. The van der Waals surface area contributed by atoms with E-state index < -0.39 is 0 Å². The second-order valence-corrected chi connectivity index (χ2v) is 9.12. The summed E-state index contributed by atoms with van der Waals surface area (Å²) in [5.41, 5.74) is 4.21. The minimum atomic E-state index is -0.0244. The summed E-state index contributed by atoms with van der Waals surface area (Å²) in [6.45, 7) is 10.0. The number of hydrogen-bond acceptors (Lipinski definition) is 7. The fraction of sp³-hybridized carbons (Fsp3) is 0.333. The number of benzene rings is 1. The Hall–Kier alpha value is -2.45. The Bertz CT molecular complexity index is 1270. The third kappa shape index (κ3) is 3.62. The Kier molecular flexibility index (Phi) is 5.31. The lowest BCUT2D eigenvalue weighted by atomic mass is 10.1. The fourth-order valence-electron chi connectivity index (χ4n) is 3.33. The minimum absolute atomic E-state index is 0.0244. The maximum absolute atomic E-state index is 13.6. The van der Waals surface area contributed by atoms with E-state index in [9.17, 15) is 4.79 Å². The minimum Gasteiger partial charge on any atom is -0.425 e. The highest BCUT2D eigenvalue weighted by Gasteiger charge is 2.20. The van der Waals surface area contributed by atoms with Crippen molar-refractivity contribution in [3.05, 3.63) is 61.9 Å². The molecule has 0 aliphatic heterocycles. The van der Waals surface area contributed by atoms with Gasteiger partial charge in [-0.2, -0.15) is 0 Å². The number of hydrogen-bond donors (Lipinski definition) is 0. The van der Waals surface area contributed by atoms with Crippen molar-refractivity contribution in [1.29, 1.82) is 0 Å². The third-order valence-electron chi connectivity index (χ3n) is 4.99. The van der Waals surface area contributed by atoms with Gasteiger partial charge in [0, 0.05) is 11.8 Å². The topological polar surface area (TPSA) is 73.8 Å². The van der Waals surface area contributed by atoms with Crippen LogP contribution in [0.15, 0.2) is 32.6 Å². The number of thioether (sulfide) groups is 1. The van der Waals surface area contributed by atoms with Gasteiger partial charge >= 0.3 is 0 Å². The molecule has 150 valence electrons. The number of aryl methyl sites for hydroxylation is 5. The number of nitrogens with zero attached hydrogens (tertiary/aromatic N) is 4. The molecule has 0 N–H and O–H groups in total. The van der Waals surface area contributed by atoms with Gasteiger partial charge in [0.25, 0.3) is 5.56 Å². The Morgan fingerprint density at radius 3 is 2.59 bits per heavy atom. The van der Waals surface area contributed by atoms with Crippen molar-refractivity contribution in [1.82, 2.24) is 19.7 Å². The first-order valence-electron chi connectivity index (χ1n) is 9.43. The first-order chi connectivity index (χ1) is 13.9. The predicted molar refractivity (Wildman–Crippen MR) is 117 cm³/mol. The van der Waals surface area contributed by atoms with E-state index in [1.165, 1.54) is 17.3 Å².